The first-order chi connectivity index (χ1) is 10.6. The number of hydrogen-bond acceptors (Lipinski definition) is 2. The van der Waals surface area contributed by atoms with Crippen LogP contribution in [0.25, 0.3) is 0 Å². The minimum absolute atomic E-state index is 0.00117. The molecule has 3 nitrogen and oxygen atoms in total. The first kappa shape index (κ1) is 16.0. The van der Waals surface area contributed by atoms with E-state index >= 15 is 0 Å². The standard InChI is InChI=1S/C19H21NO2/c1-14-8-10-16(11-9-14)15(2)20-19(22)13-12-18(21)17-6-4-3-5-7-17/h3-11,15H,12-13H2,1-2H3,(H,20,22). The van der Waals surface area contributed by atoms with Gasteiger partial charge in [0.05, 0.1) is 6.04 Å². The molecule has 0 heterocycles. The zero-order valence-electron chi connectivity index (χ0n) is 13.0. The fourth-order valence-electron chi connectivity index (χ4n) is 2.25. The number of aryl methyl sites for hydroxylation is 1. The molecule has 2 rings (SSSR count). The highest BCUT2D eigenvalue weighted by Gasteiger charge is 2.12. The summed E-state index contributed by atoms with van der Waals surface area (Å²) in [6, 6.07) is 17.1. The van der Waals surface area contributed by atoms with Crippen molar-refractivity contribution in [3.63, 3.8) is 0 Å². The first-order valence-corrected chi connectivity index (χ1v) is 7.50. The van der Waals surface area contributed by atoms with Crippen molar-refractivity contribution >= 4 is 11.7 Å². The first-order valence-electron chi connectivity index (χ1n) is 7.50. The van der Waals surface area contributed by atoms with Gasteiger partial charge in [-0.25, -0.2) is 0 Å². The molecule has 0 saturated carbocycles. The molecule has 0 fully saturated rings. The largest absolute Gasteiger partial charge is 0.350 e. The Balaban J connectivity index is 1.83. The van der Waals surface area contributed by atoms with Crippen LogP contribution >= 0.6 is 0 Å². The lowest BCUT2D eigenvalue weighted by atomic mass is 10.0. The average Bonchev–Trinajstić information content (AvgIpc) is 2.54. The van der Waals surface area contributed by atoms with Crippen molar-refractivity contribution < 1.29 is 9.59 Å². The zero-order chi connectivity index (χ0) is 15.9. The van der Waals surface area contributed by atoms with Gasteiger partial charge in [-0.1, -0.05) is 60.2 Å². The Morgan fingerprint density at radius 2 is 1.59 bits per heavy atom. The number of nitrogens with one attached hydrogen (secondary N) is 1. The van der Waals surface area contributed by atoms with Crippen LogP contribution in [0.3, 0.4) is 0 Å². The predicted octanol–water partition coefficient (Wildman–Crippen LogP) is 3.84. The molecular weight excluding hydrogens is 274 g/mol. The summed E-state index contributed by atoms with van der Waals surface area (Å²) >= 11 is 0. The molecule has 1 amide bonds. The van der Waals surface area contributed by atoms with Crippen molar-refractivity contribution in [3.05, 3.63) is 71.3 Å². The molecule has 0 spiro atoms. The normalized spacial score (nSPS) is 11.7. The molecule has 0 saturated heterocycles. The molecule has 114 valence electrons. The van der Waals surface area contributed by atoms with E-state index in [1.165, 1.54) is 5.56 Å². The molecule has 22 heavy (non-hydrogen) atoms. The van der Waals surface area contributed by atoms with Crippen molar-refractivity contribution in [1.29, 1.82) is 0 Å². The quantitative estimate of drug-likeness (QED) is 0.823. The molecule has 0 aliphatic carbocycles. The van der Waals surface area contributed by atoms with Gasteiger partial charge in [-0.2, -0.15) is 0 Å². The van der Waals surface area contributed by atoms with Crippen LogP contribution in [0.15, 0.2) is 54.6 Å². The molecule has 1 atom stereocenters. The zero-order valence-corrected chi connectivity index (χ0v) is 13.0. The molecule has 0 radical (unpaired) electrons. The van der Waals surface area contributed by atoms with E-state index in [-0.39, 0.29) is 30.6 Å². The van der Waals surface area contributed by atoms with Crippen molar-refractivity contribution in [1.82, 2.24) is 5.32 Å². The van der Waals surface area contributed by atoms with Crippen LogP contribution in [0.2, 0.25) is 0 Å². The van der Waals surface area contributed by atoms with Crippen LogP contribution in [0.1, 0.15) is 47.3 Å². The van der Waals surface area contributed by atoms with Gasteiger partial charge in [0.25, 0.3) is 0 Å². The Morgan fingerprint density at radius 3 is 2.23 bits per heavy atom. The molecule has 0 bridgehead atoms. The number of amides is 1. The van der Waals surface area contributed by atoms with E-state index in [1.807, 2.05) is 56.3 Å². The molecule has 0 aliphatic heterocycles. The van der Waals surface area contributed by atoms with Gasteiger partial charge < -0.3 is 5.32 Å². The Hall–Kier alpha value is -2.42. The number of rotatable bonds is 6. The third kappa shape index (κ3) is 4.55. The predicted molar refractivity (Wildman–Crippen MR) is 87.7 cm³/mol. The number of ketones is 1. The molecule has 2 aromatic carbocycles. The highest BCUT2D eigenvalue weighted by molar-refractivity contribution is 5.97. The van der Waals surface area contributed by atoms with E-state index < -0.39 is 0 Å². The Kier molecular flexibility index (Phi) is 5.48. The third-order valence-electron chi connectivity index (χ3n) is 3.63. The summed E-state index contributed by atoms with van der Waals surface area (Å²) in [4.78, 5) is 23.9. The second kappa shape index (κ2) is 7.55. The number of hydrogen-bond donors (Lipinski definition) is 1. The van der Waals surface area contributed by atoms with Gasteiger partial charge in [0.1, 0.15) is 0 Å². The average molecular weight is 295 g/mol. The van der Waals surface area contributed by atoms with Gasteiger partial charge in [-0.15, -0.1) is 0 Å². The van der Waals surface area contributed by atoms with Crippen LogP contribution in [-0.4, -0.2) is 11.7 Å². The van der Waals surface area contributed by atoms with Crippen LogP contribution in [0, 0.1) is 6.92 Å². The molecular formula is C19H21NO2. The molecule has 0 aliphatic rings. The van der Waals surface area contributed by atoms with E-state index in [4.69, 9.17) is 0 Å². The molecule has 0 aromatic heterocycles. The summed E-state index contributed by atoms with van der Waals surface area (Å²) in [5, 5.41) is 2.93. The Morgan fingerprint density at radius 1 is 0.955 bits per heavy atom. The fourth-order valence-corrected chi connectivity index (χ4v) is 2.25. The van der Waals surface area contributed by atoms with E-state index in [1.54, 1.807) is 12.1 Å². The molecule has 3 heteroatoms. The van der Waals surface area contributed by atoms with Crippen LogP contribution in [0.4, 0.5) is 0 Å². The lowest BCUT2D eigenvalue weighted by molar-refractivity contribution is -0.121. The minimum Gasteiger partial charge on any atom is -0.350 e. The van der Waals surface area contributed by atoms with Gasteiger partial charge in [0.2, 0.25) is 5.91 Å². The van der Waals surface area contributed by atoms with Crippen molar-refractivity contribution in [2.24, 2.45) is 0 Å². The molecule has 1 unspecified atom stereocenters. The summed E-state index contributed by atoms with van der Waals surface area (Å²) < 4.78 is 0. The number of carbonyl (C=O) groups is 2. The van der Waals surface area contributed by atoms with Gasteiger partial charge in [0.15, 0.2) is 5.78 Å². The maximum absolute atomic E-state index is 12.0. The van der Waals surface area contributed by atoms with Crippen LogP contribution in [0.5, 0.6) is 0 Å². The summed E-state index contributed by atoms with van der Waals surface area (Å²) in [5.74, 6) is -0.101. The third-order valence-corrected chi connectivity index (χ3v) is 3.63. The maximum Gasteiger partial charge on any atom is 0.220 e. The van der Waals surface area contributed by atoms with Gasteiger partial charge in [0, 0.05) is 18.4 Å². The smallest absolute Gasteiger partial charge is 0.220 e. The van der Waals surface area contributed by atoms with E-state index in [0.29, 0.717) is 5.56 Å². The van der Waals surface area contributed by atoms with Crippen LogP contribution < -0.4 is 5.32 Å². The highest BCUT2D eigenvalue weighted by Crippen LogP contribution is 2.13. The van der Waals surface area contributed by atoms with Crippen molar-refractivity contribution in [3.8, 4) is 0 Å². The van der Waals surface area contributed by atoms with Gasteiger partial charge in [-0.05, 0) is 19.4 Å². The summed E-state index contributed by atoms with van der Waals surface area (Å²) in [7, 11) is 0. The highest BCUT2D eigenvalue weighted by atomic mass is 16.2. The lowest BCUT2D eigenvalue weighted by Crippen LogP contribution is -2.26. The van der Waals surface area contributed by atoms with Crippen LogP contribution in [-0.2, 0) is 4.79 Å². The molecule has 1 N–H and O–H groups in total. The number of carbonyl (C=O) groups excluding carboxylic acids is 2. The second-order valence-corrected chi connectivity index (χ2v) is 5.49. The van der Waals surface area contributed by atoms with E-state index in [0.717, 1.165) is 5.56 Å². The van der Waals surface area contributed by atoms with Crippen molar-refractivity contribution in [2.75, 3.05) is 0 Å². The Labute approximate surface area is 131 Å². The monoisotopic (exact) mass is 295 g/mol. The topological polar surface area (TPSA) is 46.2 Å². The number of benzene rings is 2. The summed E-state index contributed by atoms with van der Waals surface area (Å²) in [6.07, 6.45) is 0.445. The maximum atomic E-state index is 12.0. The van der Waals surface area contributed by atoms with Gasteiger partial charge in [-0.3, -0.25) is 9.59 Å². The van der Waals surface area contributed by atoms with E-state index in [2.05, 4.69) is 5.32 Å². The fraction of sp³-hybridized carbons (Fsp3) is 0.263. The number of Topliss-reactive ketones (excluding diaryl/α,β-unsaturated/α-hetero) is 1. The van der Waals surface area contributed by atoms with E-state index in [9.17, 15) is 9.59 Å². The minimum atomic E-state index is -0.0997. The SMILES string of the molecule is Cc1ccc(C(C)NC(=O)CCC(=O)c2ccccc2)cc1. The lowest BCUT2D eigenvalue weighted by Gasteiger charge is -2.14. The second-order valence-electron chi connectivity index (χ2n) is 5.49. The molecule has 2 aromatic rings. The van der Waals surface area contributed by atoms with Gasteiger partial charge >= 0.3 is 0 Å². The Bertz CT molecular complexity index is 632. The summed E-state index contributed by atoms with van der Waals surface area (Å²) in [6.45, 7) is 3.98. The summed E-state index contributed by atoms with van der Waals surface area (Å²) in [5.41, 5.74) is 2.91. The van der Waals surface area contributed by atoms with Crippen molar-refractivity contribution in [2.45, 2.75) is 32.7 Å².